The van der Waals surface area contributed by atoms with Crippen LogP contribution in [0.4, 0.5) is 22.3 Å². The van der Waals surface area contributed by atoms with Gasteiger partial charge in [-0.05, 0) is 49.4 Å². The number of aromatic nitrogens is 4. The normalized spacial score (nSPS) is 13.5. The molecule has 4 aromatic rings. The van der Waals surface area contributed by atoms with Crippen molar-refractivity contribution in [3.63, 3.8) is 0 Å². The van der Waals surface area contributed by atoms with Crippen molar-refractivity contribution >= 4 is 72.9 Å². The Hall–Kier alpha value is -2.76. The number of amides is 1. The van der Waals surface area contributed by atoms with E-state index < -0.39 is 0 Å². The highest BCUT2D eigenvalue weighted by Crippen LogP contribution is 2.38. The van der Waals surface area contributed by atoms with Gasteiger partial charge in [-0.3, -0.25) is 4.79 Å². The van der Waals surface area contributed by atoms with Crippen molar-refractivity contribution in [3.05, 3.63) is 40.5 Å². The maximum atomic E-state index is 11.3. The van der Waals surface area contributed by atoms with Crippen LogP contribution < -0.4 is 16.4 Å². The molecule has 8 nitrogen and oxygen atoms in total. The minimum absolute atomic E-state index is 0.110. The Kier molecular flexibility index (Phi) is 6.43. The Morgan fingerprint density at radius 2 is 1.97 bits per heavy atom. The number of benzene rings is 1. The van der Waals surface area contributed by atoms with Gasteiger partial charge in [-0.25, -0.2) is 9.97 Å². The van der Waals surface area contributed by atoms with Crippen LogP contribution in [0.25, 0.3) is 10.2 Å². The molecule has 0 spiro atoms. The molecule has 1 aliphatic carbocycles. The number of nitrogen functional groups attached to an aromatic ring is 1. The van der Waals surface area contributed by atoms with Gasteiger partial charge in [0.1, 0.15) is 16.5 Å². The quantitative estimate of drug-likeness (QED) is 0.240. The maximum Gasteiger partial charge on any atom is 0.221 e. The number of carbonyl (C=O) groups is 1. The third kappa shape index (κ3) is 5.10. The molecule has 0 atom stereocenters. The minimum atomic E-state index is -0.110. The van der Waals surface area contributed by atoms with E-state index in [0.29, 0.717) is 22.5 Å². The molecule has 0 aliphatic heterocycles. The summed E-state index contributed by atoms with van der Waals surface area (Å²) in [6, 6.07) is 7.46. The molecule has 3 aromatic heterocycles. The standard InChI is InChI=1S/C22H23N7OS3/c1-12(30)24-13-6-5-7-14(10-13)25-21-28-29-22(33-21)31-11-17-26-19(23)18-15-8-3-2-4-9-16(15)32-20(18)27-17/h5-7,10H,2-4,8-9,11H2,1H3,(H,24,30)(H,25,28)(H2,23,26,27). The molecule has 0 saturated carbocycles. The number of nitrogens with zero attached hydrogens (tertiary/aromatic N) is 4. The van der Waals surface area contributed by atoms with E-state index in [0.717, 1.165) is 38.8 Å². The summed E-state index contributed by atoms with van der Waals surface area (Å²) in [5.41, 5.74) is 9.28. The molecular formula is C22H23N7OS3. The second-order valence-electron chi connectivity index (χ2n) is 7.82. The molecule has 0 saturated heterocycles. The third-order valence-corrected chi connectivity index (χ3v) is 8.46. The summed E-state index contributed by atoms with van der Waals surface area (Å²) in [6.07, 6.45) is 5.92. The average Bonchev–Trinajstić information content (AvgIpc) is 3.29. The van der Waals surface area contributed by atoms with Crippen molar-refractivity contribution in [2.75, 3.05) is 16.4 Å². The van der Waals surface area contributed by atoms with Crippen LogP contribution in [0.1, 0.15) is 42.5 Å². The van der Waals surface area contributed by atoms with Crippen molar-refractivity contribution in [1.29, 1.82) is 0 Å². The topological polar surface area (TPSA) is 119 Å². The summed E-state index contributed by atoms with van der Waals surface area (Å²) in [6.45, 7) is 1.48. The zero-order valence-electron chi connectivity index (χ0n) is 18.1. The van der Waals surface area contributed by atoms with Gasteiger partial charge in [0, 0.05) is 23.2 Å². The minimum Gasteiger partial charge on any atom is -0.383 e. The number of nitrogens with two attached hydrogens (primary N) is 1. The first kappa shape index (κ1) is 22.1. The van der Waals surface area contributed by atoms with E-state index in [-0.39, 0.29) is 5.91 Å². The average molecular weight is 498 g/mol. The van der Waals surface area contributed by atoms with E-state index in [1.807, 2.05) is 24.3 Å². The van der Waals surface area contributed by atoms with Gasteiger partial charge < -0.3 is 16.4 Å². The molecule has 1 aliphatic rings. The lowest BCUT2D eigenvalue weighted by Gasteiger charge is -2.05. The molecular weight excluding hydrogens is 474 g/mol. The first-order valence-corrected chi connectivity index (χ1v) is 13.3. The number of nitrogens with one attached hydrogen (secondary N) is 2. The molecule has 3 heterocycles. The fourth-order valence-electron chi connectivity index (χ4n) is 3.92. The second-order valence-corrected chi connectivity index (χ2v) is 11.1. The van der Waals surface area contributed by atoms with Gasteiger partial charge in [0.2, 0.25) is 11.0 Å². The van der Waals surface area contributed by atoms with E-state index in [1.54, 1.807) is 23.1 Å². The zero-order chi connectivity index (χ0) is 22.8. The van der Waals surface area contributed by atoms with E-state index >= 15 is 0 Å². The Morgan fingerprint density at radius 1 is 1.12 bits per heavy atom. The van der Waals surface area contributed by atoms with Gasteiger partial charge in [-0.15, -0.1) is 21.5 Å². The number of thioether (sulfide) groups is 1. The number of aryl methyl sites for hydroxylation is 2. The van der Waals surface area contributed by atoms with Crippen molar-refractivity contribution < 1.29 is 4.79 Å². The van der Waals surface area contributed by atoms with Crippen LogP contribution in [0.15, 0.2) is 28.6 Å². The summed E-state index contributed by atoms with van der Waals surface area (Å²) in [5.74, 6) is 1.78. The number of hydrogen-bond acceptors (Lipinski definition) is 10. The molecule has 1 aromatic carbocycles. The van der Waals surface area contributed by atoms with Crippen molar-refractivity contribution in [3.8, 4) is 0 Å². The van der Waals surface area contributed by atoms with Crippen LogP contribution in [0, 0.1) is 0 Å². The molecule has 0 bridgehead atoms. The van der Waals surface area contributed by atoms with Gasteiger partial charge in [0.15, 0.2) is 4.34 Å². The van der Waals surface area contributed by atoms with E-state index in [9.17, 15) is 4.79 Å². The Morgan fingerprint density at radius 3 is 2.85 bits per heavy atom. The van der Waals surface area contributed by atoms with Crippen LogP contribution >= 0.6 is 34.4 Å². The number of rotatable bonds is 6. The van der Waals surface area contributed by atoms with Gasteiger partial charge in [-0.2, -0.15) is 0 Å². The molecule has 5 rings (SSSR count). The van der Waals surface area contributed by atoms with E-state index in [4.69, 9.17) is 10.7 Å². The molecule has 0 unspecified atom stereocenters. The number of carbonyl (C=O) groups excluding carboxylic acids is 1. The number of anilines is 4. The predicted octanol–water partition coefficient (Wildman–Crippen LogP) is 5.39. The zero-order valence-corrected chi connectivity index (χ0v) is 20.5. The lowest BCUT2D eigenvalue weighted by molar-refractivity contribution is -0.114. The lowest BCUT2D eigenvalue weighted by Crippen LogP contribution is -2.05. The van der Waals surface area contributed by atoms with Crippen LogP contribution in [-0.2, 0) is 23.4 Å². The second kappa shape index (κ2) is 9.62. The summed E-state index contributed by atoms with van der Waals surface area (Å²) >= 11 is 4.77. The van der Waals surface area contributed by atoms with Crippen LogP contribution in [-0.4, -0.2) is 26.1 Å². The van der Waals surface area contributed by atoms with Crippen LogP contribution in [0.3, 0.4) is 0 Å². The highest BCUT2D eigenvalue weighted by molar-refractivity contribution is 8.00. The largest absolute Gasteiger partial charge is 0.383 e. The number of fused-ring (bicyclic) bond motifs is 3. The predicted molar refractivity (Wildman–Crippen MR) is 137 cm³/mol. The fraction of sp³-hybridized carbons (Fsp3) is 0.318. The Balaban J connectivity index is 1.26. The first-order chi connectivity index (χ1) is 16.0. The monoisotopic (exact) mass is 497 g/mol. The molecule has 170 valence electrons. The lowest BCUT2D eigenvalue weighted by atomic mass is 10.1. The van der Waals surface area contributed by atoms with Gasteiger partial charge in [0.25, 0.3) is 0 Å². The molecule has 4 N–H and O–H groups in total. The maximum absolute atomic E-state index is 11.3. The Bertz CT molecular complexity index is 1320. The summed E-state index contributed by atoms with van der Waals surface area (Å²) in [4.78, 5) is 23.1. The van der Waals surface area contributed by atoms with Gasteiger partial charge >= 0.3 is 0 Å². The highest BCUT2D eigenvalue weighted by atomic mass is 32.2. The number of hydrogen-bond donors (Lipinski definition) is 3. The van der Waals surface area contributed by atoms with Crippen LogP contribution in [0.5, 0.6) is 0 Å². The van der Waals surface area contributed by atoms with Gasteiger partial charge in [0.05, 0.1) is 11.1 Å². The third-order valence-electron chi connectivity index (χ3n) is 5.30. The highest BCUT2D eigenvalue weighted by Gasteiger charge is 2.19. The van der Waals surface area contributed by atoms with E-state index in [1.165, 1.54) is 48.0 Å². The first-order valence-electron chi connectivity index (χ1n) is 10.7. The molecule has 0 radical (unpaired) electrons. The summed E-state index contributed by atoms with van der Waals surface area (Å²) in [5, 5.41) is 16.2. The fourth-order valence-corrected chi connectivity index (χ4v) is 6.83. The SMILES string of the molecule is CC(=O)Nc1cccc(Nc2nnc(SCc3nc(N)c4c5c(sc4n3)CCCCC5)s2)c1. The summed E-state index contributed by atoms with van der Waals surface area (Å²) < 4.78 is 0.819. The van der Waals surface area contributed by atoms with Crippen molar-refractivity contribution in [1.82, 2.24) is 20.2 Å². The molecule has 11 heteroatoms. The molecule has 33 heavy (non-hydrogen) atoms. The summed E-state index contributed by atoms with van der Waals surface area (Å²) in [7, 11) is 0. The molecule has 1 amide bonds. The smallest absolute Gasteiger partial charge is 0.221 e. The Labute approximate surface area is 203 Å². The van der Waals surface area contributed by atoms with Crippen molar-refractivity contribution in [2.24, 2.45) is 0 Å². The van der Waals surface area contributed by atoms with Crippen molar-refractivity contribution in [2.45, 2.75) is 49.1 Å². The van der Waals surface area contributed by atoms with E-state index in [2.05, 4.69) is 25.8 Å². The van der Waals surface area contributed by atoms with Crippen LogP contribution in [0.2, 0.25) is 0 Å². The van der Waals surface area contributed by atoms with Gasteiger partial charge in [-0.1, -0.05) is 35.6 Å². The molecule has 0 fully saturated rings. The number of thiophene rings is 1.